The molecule has 1 fully saturated rings. The molecule has 3 atom stereocenters. The van der Waals surface area contributed by atoms with Crippen molar-refractivity contribution in [3.63, 3.8) is 0 Å². The van der Waals surface area contributed by atoms with Gasteiger partial charge in [-0.1, -0.05) is 36.4 Å². The third kappa shape index (κ3) is 4.31. The van der Waals surface area contributed by atoms with Crippen molar-refractivity contribution >= 4 is 22.8 Å². The van der Waals surface area contributed by atoms with E-state index in [1.165, 1.54) is 22.0 Å². The Morgan fingerprint density at radius 3 is 2.82 bits per heavy atom. The molecule has 0 spiro atoms. The van der Waals surface area contributed by atoms with Gasteiger partial charge in [0.05, 0.1) is 0 Å². The van der Waals surface area contributed by atoms with Gasteiger partial charge in [-0.25, -0.2) is 4.79 Å². The molecule has 0 radical (unpaired) electrons. The Kier molecular flexibility index (Phi) is 6.01. The van der Waals surface area contributed by atoms with Gasteiger partial charge < -0.3 is 10.3 Å². The van der Waals surface area contributed by atoms with Gasteiger partial charge in [0.1, 0.15) is 0 Å². The van der Waals surface area contributed by atoms with Gasteiger partial charge in [-0.2, -0.15) is 0 Å². The van der Waals surface area contributed by atoms with E-state index in [4.69, 9.17) is 0 Å². The SMILES string of the molecule is C=CCN1C[C@H](CCNC(=O)NC(=O)c2ccccc2)C[C@@H]2c3cccc4[nH]cc(c34)C[C@H]21. The number of aromatic nitrogens is 1. The summed E-state index contributed by atoms with van der Waals surface area (Å²) in [5, 5.41) is 6.68. The first-order chi connectivity index (χ1) is 16.1. The molecule has 6 nitrogen and oxygen atoms in total. The number of nitrogens with zero attached hydrogens (tertiary/aromatic N) is 1. The average Bonchev–Trinajstić information content (AvgIpc) is 3.25. The summed E-state index contributed by atoms with van der Waals surface area (Å²) in [5.41, 5.74) is 4.55. The van der Waals surface area contributed by atoms with Crippen molar-refractivity contribution in [1.29, 1.82) is 0 Å². The smallest absolute Gasteiger partial charge is 0.321 e. The van der Waals surface area contributed by atoms with Gasteiger partial charge in [0.25, 0.3) is 5.91 Å². The molecule has 2 heterocycles. The van der Waals surface area contributed by atoms with Crippen LogP contribution >= 0.6 is 0 Å². The molecule has 0 bridgehead atoms. The Bertz CT molecular complexity index is 1170. The lowest BCUT2D eigenvalue weighted by atomic mass is 9.71. The standard InChI is InChI=1S/C27H30N4O2/c1-2-13-31-17-18(11-12-28-27(33)30-26(32)19-7-4-3-5-8-19)14-22-21-9-6-10-23-25(21)20(16-29-23)15-24(22)31/h2-10,16,18,22,24,29H,1,11-15,17H2,(H2,28,30,32,33)/t18-,22-,24-/m1/s1. The molecule has 5 rings (SSSR count). The monoisotopic (exact) mass is 442 g/mol. The van der Waals surface area contributed by atoms with Crippen LogP contribution in [0.3, 0.4) is 0 Å². The molecule has 0 unspecified atom stereocenters. The van der Waals surface area contributed by atoms with Crippen LogP contribution in [0.2, 0.25) is 0 Å². The summed E-state index contributed by atoms with van der Waals surface area (Å²) in [4.78, 5) is 30.4. The van der Waals surface area contributed by atoms with E-state index in [0.717, 1.165) is 32.4 Å². The van der Waals surface area contributed by atoms with Crippen LogP contribution < -0.4 is 10.6 Å². The largest absolute Gasteiger partial charge is 0.361 e. The van der Waals surface area contributed by atoms with Gasteiger partial charge in [0.2, 0.25) is 0 Å². The van der Waals surface area contributed by atoms with Crippen LogP contribution in [-0.2, 0) is 6.42 Å². The lowest BCUT2D eigenvalue weighted by Gasteiger charge is -2.47. The van der Waals surface area contributed by atoms with Gasteiger partial charge >= 0.3 is 6.03 Å². The second kappa shape index (κ2) is 9.24. The minimum atomic E-state index is -0.445. The maximum atomic E-state index is 12.2. The minimum Gasteiger partial charge on any atom is -0.361 e. The first kappa shape index (κ1) is 21.5. The number of amides is 3. The number of benzene rings is 2. The average molecular weight is 443 g/mol. The minimum absolute atomic E-state index is 0.386. The highest BCUT2D eigenvalue weighted by Crippen LogP contribution is 2.45. The van der Waals surface area contributed by atoms with E-state index in [2.05, 4.69) is 51.5 Å². The number of carbonyl (C=O) groups is 2. The van der Waals surface area contributed by atoms with Crippen molar-refractivity contribution in [1.82, 2.24) is 20.5 Å². The van der Waals surface area contributed by atoms with Crippen LogP contribution in [0.25, 0.3) is 10.9 Å². The van der Waals surface area contributed by atoms with Crippen LogP contribution in [0.4, 0.5) is 4.79 Å². The Morgan fingerprint density at radius 1 is 1.15 bits per heavy atom. The number of urea groups is 1. The van der Waals surface area contributed by atoms with Crippen LogP contribution in [0.1, 0.15) is 40.2 Å². The van der Waals surface area contributed by atoms with Crippen molar-refractivity contribution in [2.24, 2.45) is 5.92 Å². The molecule has 3 aromatic rings. The number of hydrogen-bond donors (Lipinski definition) is 3. The van der Waals surface area contributed by atoms with Crippen molar-refractivity contribution in [3.8, 4) is 0 Å². The van der Waals surface area contributed by atoms with Crippen molar-refractivity contribution in [3.05, 3.63) is 84.1 Å². The highest BCUT2D eigenvalue weighted by Gasteiger charge is 2.40. The number of imide groups is 1. The fourth-order valence-electron chi connectivity index (χ4n) is 5.68. The molecule has 3 amide bonds. The molecule has 1 aliphatic carbocycles. The van der Waals surface area contributed by atoms with E-state index >= 15 is 0 Å². The zero-order valence-electron chi connectivity index (χ0n) is 18.7. The third-order valence-corrected chi connectivity index (χ3v) is 7.13. The molecule has 3 N–H and O–H groups in total. The van der Waals surface area contributed by atoms with Gasteiger partial charge in [-0.3, -0.25) is 15.0 Å². The predicted molar refractivity (Wildman–Crippen MR) is 130 cm³/mol. The number of H-pyrrole nitrogens is 1. The summed E-state index contributed by atoms with van der Waals surface area (Å²) in [6.07, 6.45) is 7.20. The van der Waals surface area contributed by atoms with E-state index in [0.29, 0.717) is 30.0 Å². The number of likely N-dealkylation sites (tertiary alicyclic amines) is 1. The van der Waals surface area contributed by atoms with Crippen LogP contribution in [-0.4, -0.2) is 47.5 Å². The first-order valence-electron chi connectivity index (χ1n) is 11.7. The van der Waals surface area contributed by atoms with Gasteiger partial charge in [-0.15, -0.1) is 6.58 Å². The lowest BCUT2D eigenvalue weighted by molar-refractivity contribution is 0.0926. The number of fused-ring (bicyclic) bond motifs is 2. The second-order valence-electron chi connectivity index (χ2n) is 9.17. The molecular formula is C27H30N4O2. The molecule has 1 aromatic heterocycles. The quantitative estimate of drug-likeness (QED) is 0.501. The molecule has 6 heteroatoms. The van der Waals surface area contributed by atoms with Crippen LogP contribution in [0, 0.1) is 5.92 Å². The van der Waals surface area contributed by atoms with E-state index in [1.807, 2.05) is 12.1 Å². The number of piperidine rings is 1. The fourth-order valence-corrected chi connectivity index (χ4v) is 5.68. The molecular weight excluding hydrogens is 412 g/mol. The topological polar surface area (TPSA) is 77.2 Å². The third-order valence-electron chi connectivity index (χ3n) is 7.13. The lowest BCUT2D eigenvalue weighted by Crippen LogP contribution is -2.50. The molecule has 33 heavy (non-hydrogen) atoms. The second-order valence-corrected chi connectivity index (χ2v) is 9.17. The summed E-state index contributed by atoms with van der Waals surface area (Å²) in [6.45, 7) is 6.39. The molecule has 1 saturated heterocycles. The van der Waals surface area contributed by atoms with E-state index in [-0.39, 0.29) is 5.91 Å². The van der Waals surface area contributed by atoms with E-state index in [1.54, 1.807) is 24.3 Å². The maximum absolute atomic E-state index is 12.2. The normalized spacial score (nSPS) is 21.9. The van der Waals surface area contributed by atoms with Crippen molar-refractivity contribution in [2.75, 3.05) is 19.6 Å². The van der Waals surface area contributed by atoms with Gasteiger partial charge in [-0.05, 0) is 54.5 Å². The number of carbonyl (C=O) groups excluding carboxylic acids is 2. The van der Waals surface area contributed by atoms with E-state index < -0.39 is 6.03 Å². The summed E-state index contributed by atoms with van der Waals surface area (Å²) >= 11 is 0. The predicted octanol–water partition coefficient (Wildman–Crippen LogP) is 4.21. The molecule has 2 aliphatic rings. The Labute approximate surface area is 194 Å². The number of nitrogens with one attached hydrogen (secondary N) is 3. The number of aromatic amines is 1. The Morgan fingerprint density at radius 2 is 2.00 bits per heavy atom. The summed E-state index contributed by atoms with van der Waals surface area (Å²) in [5.74, 6) is 0.555. The fraction of sp³-hybridized carbons (Fsp3) is 0.333. The van der Waals surface area contributed by atoms with Crippen LogP contribution in [0.15, 0.2) is 67.4 Å². The molecule has 0 saturated carbocycles. The van der Waals surface area contributed by atoms with Gasteiger partial charge in [0, 0.05) is 54.3 Å². The molecule has 1 aliphatic heterocycles. The Hall–Kier alpha value is -3.38. The maximum Gasteiger partial charge on any atom is 0.321 e. The van der Waals surface area contributed by atoms with Crippen molar-refractivity contribution < 1.29 is 9.59 Å². The van der Waals surface area contributed by atoms with Crippen molar-refractivity contribution in [2.45, 2.75) is 31.2 Å². The summed E-state index contributed by atoms with van der Waals surface area (Å²) < 4.78 is 0. The Balaban J connectivity index is 1.22. The number of hydrogen-bond acceptors (Lipinski definition) is 3. The summed E-state index contributed by atoms with van der Waals surface area (Å²) in [6, 6.07) is 15.4. The molecule has 2 aromatic carbocycles. The summed E-state index contributed by atoms with van der Waals surface area (Å²) in [7, 11) is 0. The van der Waals surface area contributed by atoms with Gasteiger partial charge in [0.15, 0.2) is 0 Å². The zero-order valence-corrected chi connectivity index (χ0v) is 18.7. The zero-order chi connectivity index (χ0) is 22.8. The highest BCUT2D eigenvalue weighted by atomic mass is 16.2. The van der Waals surface area contributed by atoms with Crippen LogP contribution in [0.5, 0.6) is 0 Å². The van der Waals surface area contributed by atoms with E-state index in [9.17, 15) is 9.59 Å². The molecule has 170 valence electrons. The first-order valence-corrected chi connectivity index (χ1v) is 11.7. The highest BCUT2D eigenvalue weighted by molar-refractivity contribution is 6.04. The number of rotatable bonds is 6.